The number of nitro benzene ring substituents is 1. The third kappa shape index (κ3) is 7.44. The van der Waals surface area contributed by atoms with Crippen LogP contribution in [0.4, 0.5) is 5.69 Å². The number of hydrogen-bond acceptors (Lipinski definition) is 5. The normalized spacial score (nSPS) is 11.2. The number of rotatable bonds is 8. The van der Waals surface area contributed by atoms with Gasteiger partial charge in [-0.1, -0.05) is 11.6 Å². The average Bonchev–Trinajstić information content (AvgIpc) is 2.39. The average molecular weight is 352 g/mol. The monoisotopic (exact) mass is 351 g/mol. The Morgan fingerprint density at radius 1 is 1.55 bits per heavy atom. The summed E-state index contributed by atoms with van der Waals surface area (Å²) in [7, 11) is 0. The molecular formula is C13H19Cl2N3O4. The second-order valence-electron chi connectivity index (χ2n) is 4.58. The maximum absolute atomic E-state index is 11.5. The molecule has 0 aliphatic carbocycles. The fraction of sp³-hybridized carbons (Fsp3) is 0.462. The molecule has 0 bridgehead atoms. The lowest BCUT2D eigenvalue weighted by molar-refractivity contribution is -0.385. The minimum atomic E-state index is -0.579. The Kier molecular flexibility index (Phi) is 9.48. The molecule has 1 aromatic rings. The van der Waals surface area contributed by atoms with Crippen LogP contribution >= 0.6 is 24.0 Å². The van der Waals surface area contributed by atoms with E-state index in [1.54, 1.807) is 0 Å². The molecule has 124 valence electrons. The molecule has 0 radical (unpaired) electrons. The smallest absolute Gasteiger partial charge is 0.312 e. The zero-order valence-corrected chi connectivity index (χ0v) is 13.7. The van der Waals surface area contributed by atoms with Crippen molar-refractivity contribution in [2.45, 2.75) is 25.8 Å². The number of halogens is 2. The Morgan fingerprint density at radius 3 is 2.82 bits per heavy atom. The molecule has 0 fully saturated rings. The van der Waals surface area contributed by atoms with Gasteiger partial charge in [-0.05, 0) is 25.5 Å². The summed E-state index contributed by atoms with van der Waals surface area (Å²) in [5, 5.41) is 13.8. The number of nitrogens with one attached hydrogen (secondary N) is 1. The summed E-state index contributed by atoms with van der Waals surface area (Å²) in [6.07, 6.45) is 0.800. The number of nitrogens with two attached hydrogens (primary N) is 1. The van der Waals surface area contributed by atoms with Gasteiger partial charge < -0.3 is 15.8 Å². The van der Waals surface area contributed by atoms with Crippen LogP contribution in [0.2, 0.25) is 5.02 Å². The van der Waals surface area contributed by atoms with Gasteiger partial charge in [0.2, 0.25) is 5.91 Å². The van der Waals surface area contributed by atoms with Gasteiger partial charge in [0.05, 0.1) is 18.0 Å². The molecule has 0 saturated heterocycles. The van der Waals surface area contributed by atoms with Crippen LogP contribution < -0.4 is 15.8 Å². The van der Waals surface area contributed by atoms with E-state index in [-0.39, 0.29) is 53.8 Å². The Bertz CT molecular complexity index is 512. The number of nitro groups is 1. The van der Waals surface area contributed by atoms with Crippen molar-refractivity contribution in [2.24, 2.45) is 5.73 Å². The van der Waals surface area contributed by atoms with Gasteiger partial charge >= 0.3 is 5.69 Å². The molecule has 7 nitrogen and oxygen atoms in total. The molecule has 0 aromatic heterocycles. The minimum Gasteiger partial charge on any atom is -0.486 e. The fourth-order valence-corrected chi connectivity index (χ4v) is 1.70. The number of carbonyl (C=O) groups is 1. The molecule has 0 aliphatic rings. The van der Waals surface area contributed by atoms with Gasteiger partial charge in [0.15, 0.2) is 5.75 Å². The van der Waals surface area contributed by atoms with Crippen molar-refractivity contribution in [3.8, 4) is 5.75 Å². The van der Waals surface area contributed by atoms with Crippen molar-refractivity contribution >= 4 is 35.6 Å². The fourth-order valence-electron chi connectivity index (χ4n) is 1.54. The van der Waals surface area contributed by atoms with Gasteiger partial charge in [-0.15, -0.1) is 12.4 Å². The lowest BCUT2D eigenvalue weighted by Crippen LogP contribution is -2.29. The topological polar surface area (TPSA) is 107 Å². The number of ether oxygens (including phenoxy) is 1. The predicted octanol–water partition coefficient (Wildman–Crippen LogP) is 2.29. The SMILES string of the molecule is CC(N)CCNC(=O)CCOc1ccc(Cl)cc1[N+](=O)[O-].Cl. The number of benzene rings is 1. The number of amides is 1. The Labute approximate surface area is 139 Å². The zero-order chi connectivity index (χ0) is 15.8. The first kappa shape index (κ1) is 20.4. The van der Waals surface area contributed by atoms with E-state index in [0.29, 0.717) is 13.0 Å². The van der Waals surface area contributed by atoms with Crippen molar-refractivity contribution in [2.75, 3.05) is 13.2 Å². The zero-order valence-electron chi connectivity index (χ0n) is 12.1. The van der Waals surface area contributed by atoms with Gasteiger partial charge in [0.25, 0.3) is 0 Å². The minimum absolute atomic E-state index is 0. The van der Waals surface area contributed by atoms with Gasteiger partial charge in [-0.2, -0.15) is 0 Å². The second kappa shape index (κ2) is 10.2. The quantitative estimate of drug-likeness (QED) is 0.551. The molecule has 1 atom stereocenters. The van der Waals surface area contributed by atoms with Gasteiger partial charge in [-0.25, -0.2) is 0 Å². The standard InChI is InChI=1S/C13H18ClN3O4.ClH/c1-9(15)4-6-16-13(18)5-7-21-12-3-2-10(14)8-11(12)17(19)20;/h2-3,8-9H,4-7,15H2,1H3,(H,16,18);1H. The first-order chi connectivity index (χ1) is 9.90. The van der Waals surface area contributed by atoms with Crippen LogP contribution in [-0.2, 0) is 4.79 Å². The second-order valence-corrected chi connectivity index (χ2v) is 5.02. The van der Waals surface area contributed by atoms with E-state index in [0.717, 1.165) is 0 Å². The van der Waals surface area contributed by atoms with Crippen LogP contribution in [-0.4, -0.2) is 30.0 Å². The predicted molar refractivity (Wildman–Crippen MR) is 86.7 cm³/mol. The van der Waals surface area contributed by atoms with Crippen LogP contribution in [0.3, 0.4) is 0 Å². The van der Waals surface area contributed by atoms with Crippen molar-refractivity contribution in [1.29, 1.82) is 0 Å². The van der Waals surface area contributed by atoms with Crippen molar-refractivity contribution < 1.29 is 14.5 Å². The van der Waals surface area contributed by atoms with E-state index in [4.69, 9.17) is 22.1 Å². The summed E-state index contributed by atoms with van der Waals surface area (Å²) in [5.41, 5.74) is 5.34. The number of carbonyl (C=O) groups excluding carboxylic acids is 1. The molecule has 0 heterocycles. The molecule has 0 spiro atoms. The molecule has 1 rings (SSSR count). The highest BCUT2D eigenvalue weighted by Gasteiger charge is 2.15. The van der Waals surface area contributed by atoms with Crippen LogP contribution in [0, 0.1) is 10.1 Å². The van der Waals surface area contributed by atoms with Gasteiger partial charge in [0, 0.05) is 23.7 Å². The molecule has 0 saturated carbocycles. The summed E-state index contributed by atoms with van der Waals surface area (Å²) in [6, 6.07) is 4.14. The highest BCUT2D eigenvalue weighted by atomic mass is 35.5. The first-order valence-electron chi connectivity index (χ1n) is 6.49. The largest absolute Gasteiger partial charge is 0.486 e. The summed E-state index contributed by atoms with van der Waals surface area (Å²) in [5.74, 6) is -0.0972. The lowest BCUT2D eigenvalue weighted by Gasteiger charge is -2.09. The summed E-state index contributed by atoms with van der Waals surface area (Å²) in [4.78, 5) is 21.8. The number of hydrogen-bond donors (Lipinski definition) is 2. The summed E-state index contributed by atoms with van der Waals surface area (Å²) >= 11 is 5.69. The molecule has 1 unspecified atom stereocenters. The Balaban J connectivity index is 0.00000441. The maximum Gasteiger partial charge on any atom is 0.312 e. The van der Waals surface area contributed by atoms with Gasteiger partial charge in [0.1, 0.15) is 0 Å². The van der Waals surface area contributed by atoms with Gasteiger partial charge in [-0.3, -0.25) is 14.9 Å². The molecule has 0 aliphatic heterocycles. The van der Waals surface area contributed by atoms with E-state index < -0.39 is 4.92 Å². The molecule has 1 aromatic carbocycles. The van der Waals surface area contributed by atoms with Crippen LogP contribution in [0.15, 0.2) is 18.2 Å². The molecular weight excluding hydrogens is 333 g/mol. The summed E-state index contributed by atoms with van der Waals surface area (Å²) < 4.78 is 5.27. The molecule has 9 heteroatoms. The van der Waals surface area contributed by atoms with Crippen molar-refractivity contribution in [3.05, 3.63) is 33.3 Å². The maximum atomic E-state index is 11.5. The Hall–Kier alpha value is -1.57. The summed E-state index contributed by atoms with van der Waals surface area (Å²) in [6.45, 7) is 2.40. The van der Waals surface area contributed by atoms with Crippen LogP contribution in [0.5, 0.6) is 5.75 Å². The lowest BCUT2D eigenvalue weighted by atomic mass is 10.2. The van der Waals surface area contributed by atoms with E-state index in [1.165, 1.54) is 18.2 Å². The third-order valence-electron chi connectivity index (χ3n) is 2.63. The van der Waals surface area contributed by atoms with Crippen LogP contribution in [0.25, 0.3) is 0 Å². The Morgan fingerprint density at radius 2 is 2.23 bits per heavy atom. The number of nitrogens with zero attached hydrogens (tertiary/aromatic N) is 1. The first-order valence-corrected chi connectivity index (χ1v) is 6.87. The third-order valence-corrected chi connectivity index (χ3v) is 2.86. The van der Waals surface area contributed by atoms with E-state index in [9.17, 15) is 14.9 Å². The molecule has 1 amide bonds. The van der Waals surface area contributed by atoms with Crippen molar-refractivity contribution in [1.82, 2.24) is 5.32 Å². The van der Waals surface area contributed by atoms with Crippen molar-refractivity contribution in [3.63, 3.8) is 0 Å². The highest BCUT2D eigenvalue weighted by Crippen LogP contribution is 2.29. The van der Waals surface area contributed by atoms with E-state index in [2.05, 4.69) is 5.32 Å². The molecule has 22 heavy (non-hydrogen) atoms. The van der Waals surface area contributed by atoms with E-state index in [1.807, 2.05) is 6.92 Å². The van der Waals surface area contributed by atoms with E-state index >= 15 is 0 Å². The van der Waals surface area contributed by atoms with Crippen LogP contribution in [0.1, 0.15) is 19.8 Å². The molecule has 3 N–H and O–H groups in total. The highest BCUT2D eigenvalue weighted by molar-refractivity contribution is 6.30.